The second-order valence-electron chi connectivity index (χ2n) is 4.55. The summed E-state index contributed by atoms with van der Waals surface area (Å²) in [7, 11) is 0. The van der Waals surface area contributed by atoms with E-state index in [9.17, 15) is 4.79 Å². The van der Waals surface area contributed by atoms with Gasteiger partial charge in [-0.3, -0.25) is 4.79 Å². The molecule has 14 heavy (non-hydrogen) atoms. The summed E-state index contributed by atoms with van der Waals surface area (Å²) in [6, 6.07) is 0.457. The molecule has 0 heterocycles. The highest BCUT2D eigenvalue weighted by atomic mass is 16.4. The van der Waals surface area contributed by atoms with Crippen molar-refractivity contribution in [2.24, 2.45) is 5.41 Å². The van der Waals surface area contributed by atoms with Crippen LogP contribution >= 0.6 is 0 Å². The molecule has 0 aliphatic heterocycles. The number of allylic oxidation sites excluding steroid dienone is 1. The van der Waals surface area contributed by atoms with E-state index in [4.69, 9.17) is 5.11 Å². The van der Waals surface area contributed by atoms with E-state index in [0.29, 0.717) is 12.6 Å². The van der Waals surface area contributed by atoms with Gasteiger partial charge >= 0.3 is 5.97 Å². The Bertz CT molecular complexity index is 233. The summed E-state index contributed by atoms with van der Waals surface area (Å²) in [4.78, 5) is 10.8. The summed E-state index contributed by atoms with van der Waals surface area (Å²) in [6.07, 6.45) is 7.59. The standard InChI is InChI=1S/C11H19NO2/c1-11(2,10(13)14)8-12-9-6-4-3-5-7-9/h3-4,9,12H,5-8H2,1-2H3,(H,13,14). The zero-order chi connectivity index (χ0) is 10.6. The van der Waals surface area contributed by atoms with Crippen molar-refractivity contribution in [2.45, 2.75) is 39.2 Å². The minimum Gasteiger partial charge on any atom is -0.481 e. The molecule has 1 rings (SSSR count). The SMILES string of the molecule is CC(C)(CNC1CC=CCC1)C(=O)O. The smallest absolute Gasteiger partial charge is 0.310 e. The first-order valence-electron chi connectivity index (χ1n) is 5.14. The largest absolute Gasteiger partial charge is 0.481 e. The number of aliphatic carboxylic acids is 1. The lowest BCUT2D eigenvalue weighted by Gasteiger charge is -2.25. The second kappa shape index (κ2) is 4.60. The quantitative estimate of drug-likeness (QED) is 0.676. The predicted molar refractivity (Wildman–Crippen MR) is 56.2 cm³/mol. The molecule has 1 aliphatic carbocycles. The van der Waals surface area contributed by atoms with Crippen molar-refractivity contribution >= 4 is 5.97 Å². The first kappa shape index (κ1) is 11.2. The number of hydrogen-bond donors (Lipinski definition) is 2. The van der Waals surface area contributed by atoms with E-state index in [1.54, 1.807) is 13.8 Å². The van der Waals surface area contributed by atoms with Crippen LogP contribution in [0.25, 0.3) is 0 Å². The fourth-order valence-electron chi connectivity index (χ4n) is 1.45. The van der Waals surface area contributed by atoms with Crippen LogP contribution in [0.2, 0.25) is 0 Å². The van der Waals surface area contributed by atoms with Gasteiger partial charge in [-0.05, 0) is 33.1 Å². The summed E-state index contributed by atoms with van der Waals surface area (Å²) < 4.78 is 0. The minimum absolute atomic E-state index is 0.457. The Morgan fingerprint density at radius 1 is 1.57 bits per heavy atom. The molecule has 0 amide bonds. The molecule has 3 heteroatoms. The highest BCUT2D eigenvalue weighted by Crippen LogP contribution is 2.16. The van der Waals surface area contributed by atoms with E-state index in [1.165, 1.54) is 0 Å². The van der Waals surface area contributed by atoms with Crippen LogP contribution in [0.5, 0.6) is 0 Å². The van der Waals surface area contributed by atoms with Crippen LogP contribution in [0, 0.1) is 5.41 Å². The number of carboxylic acids is 1. The molecule has 2 N–H and O–H groups in total. The third-order valence-corrected chi connectivity index (χ3v) is 2.68. The maximum absolute atomic E-state index is 10.8. The van der Waals surface area contributed by atoms with Gasteiger partial charge in [0.25, 0.3) is 0 Å². The zero-order valence-corrected chi connectivity index (χ0v) is 8.92. The predicted octanol–water partition coefficient (Wildman–Crippen LogP) is 1.80. The van der Waals surface area contributed by atoms with Gasteiger partial charge in [0.1, 0.15) is 0 Å². The Morgan fingerprint density at radius 2 is 2.29 bits per heavy atom. The number of hydrogen-bond acceptors (Lipinski definition) is 2. The summed E-state index contributed by atoms with van der Waals surface area (Å²) >= 11 is 0. The molecule has 0 fully saturated rings. The number of carbonyl (C=O) groups is 1. The Hall–Kier alpha value is -0.830. The molecule has 0 bridgehead atoms. The highest BCUT2D eigenvalue weighted by molar-refractivity contribution is 5.73. The molecule has 1 aliphatic rings. The molecule has 0 saturated heterocycles. The average molecular weight is 197 g/mol. The molecule has 0 aromatic carbocycles. The molecule has 80 valence electrons. The molecule has 0 aromatic heterocycles. The Morgan fingerprint density at radius 3 is 2.79 bits per heavy atom. The Labute approximate surface area is 85.2 Å². The van der Waals surface area contributed by atoms with E-state index in [2.05, 4.69) is 17.5 Å². The molecular formula is C11H19NO2. The molecule has 0 saturated carbocycles. The lowest BCUT2D eigenvalue weighted by molar-refractivity contribution is -0.146. The first-order chi connectivity index (χ1) is 6.52. The number of rotatable bonds is 4. The van der Waals surface area contributed by atoms with E-state index in [1.807, 2.05) is 0 Å². The van der Waals surface area contributed by atoms with Crippen LogP contribution in [0.3, 0.4) is 0 Å². The summed E-state index contributed by atoms with van der Waals surface area (Å²) in [5.41, 5.74) is -0.666. The molecule has 0 radical (unpaired) electrons. The van der Waals surface area contributed by atoms with Crippen LogP contribution in [0.1, 0.15) is 33.1 Å². The van der Waals surface area contributed by atoms with Crippen LogP contribution in [-0.4, -0.2) is 23.7 Å². The average Bonchev–Trinajstić information content (AvgIpc) is 2.16. The normalized spacial score (nSPS) is 22.3. The molecule has 1 atom stereocenters. The summed E-state index contributed by atoms with van der Waals surface area (Å²) in [6.45, 7) is 4.04. The Balaban J connectivity index is 2.32. The van der Waals surface area contributed by atoms with Gasteiger partial charge in [-0.15, -0.1) is 0 Å². The lowest BCUT2D eigenvalue weighted by atomic mass is 9.92. The van der Waals surface area contributed by atoms with Crippen LogP contribution in [0.4, 0.5) is 0 Å². The fraction of sp³-hybridized carbons (Fsp3) is 0.727. The molecule has 0 aromatic rings. The van der Waals surface area contributed by atoms with Gasteiger partial charge in [-0.25, -0.2) is 0 Å². The van der Waals surface area contributed by atoms with Gasteiger partial charge in [-0.1, -0.05) is 12.2 Å². The third kappa shape index (κ3) is 3.14. The van der Waals surface area contributed by atoms with Crippen molar-refractivity contribution in [1.29, 1.82) is 0 Å². The van der Waals surface area contributed by atoms with Crippen LogP contribution in [-0.2, 0) is 4.79 Å². The van der Waals surface area contributed by atoms with E-state index < -0.39 is 11.4 Å². The second-order valence-corrected chi connectivity index (χ2v) is 4.55. The van der Waals surface area contributed by atoms with Crippen molar-refractivity contribution in [3.05, 3.63) is 12.2 Å². The number of nitrogens with one attached hydrogen (secondary N) is 1. The van der Waals surface area contributed by atoms with Crippen molar-refractivity contribution in [1.82, 2.24) is 5.32 Å². The van der Waals surface area contributed by atoms with Crippen molar-refractivity contribution in [3.8, 4) is 0 Å². The van der Waals surface area contributed by atoms with Gasteiger partial charge in [0.05, 0.1) is 5.41 Å². The number of carboxylic acid groups (broad SMARTS) is 1. The molecule has 0 spiro atoms. The van der Waals surface area contributed by atoms with Gasteiger partial charge in [0, 0.05) is 12.6 Å². The maximum atomic E-state index is 10.8. The molecular weight excluding hydrogens is 178 g/mol. The van der Waals surface area contributed by atoms with E-state index >= 15 is 0 Å². The van der Waals surface area contributed by atoms with E-state index in [0.717, 1.165) is 19.3 Å². The summed E-state index contributed by atoms with van der Waals surface area (Å²) in [5.74, 6) is -0.739. The lowest BCUT2D eigenvalue weighted by Crippen LogP contribution is -2.41. The highest BCUT2D eigenvalue weighted by Gasteiger charge is 2.27. The van der Waals surface area contributed by atoms with Crippen molar-refractivity contribution < 1.29 is 9.90 Å². The summed E-state index contributed by atoms with van der Waals surface area (Å²) in [5, 5.41) is 12.2. The van der Waals surface area contributed by atoms with Gasteiger partial charge in [0.15, 0.2) is 0 Å². The van der Waals surface area contributed by atoms with E-state index in [-0.39, 0.29) is 0 Å². The van der Waals surface area contributed by atoms with Crippen LogP contribution < -0.4 is 5.32 Å². The van der Waals surface area contributed by atoms with Gasteiger partial charge in [-0.2, -0.15) is 0 Å². The van der Waals surface area contributed by atoms with Crippen LogP contribution in [0.15, 0.2) is 12.2 Å². The van der Waals surface area contributed by atoms with Crippen molar-refractivity contribution in [3.63, 3.8) is 0 Å². The topological polar surface area (TPSA) is 49.3 Å². The Kier molecular flexibility index (Phi) is 3.69. The minimum atomic E-state index is -0.739. The van der Waals surface area contributed by atoms with Gasteiger partial charge < -0.3 is 10.4 Å². The van der Waals surface area contributed by atoms with Crippen molar-refractivity contribution in [2.75, 3.05) is 6.54 Å². The van der Waals surface area contributed by atoms with Gasteiger partial charge in [0.2, 0.25) is 0 Å². The maximum Gasteiger partial charge on any atom is 0.310 e. The monoisotopic (exact) mass is 197 g/mol. The zero-order valence-electron chi connectivity index (χ0n) is 8.92. The fourth-order valence-corrected chi connectivity index (χ4v) is 1.45. The first-order valence-corrected chi connectivity index (χ1v) is 5.14. The molecule has 3 nitrogen and oxygen atoms in total. The molecule has 1 unspecified atom stereocenters. The third-order valence-electron chi connectivity index (χ3n) is 2.68.